The summed E-state index contributed by atoms with van der Waals surface area (Å²) in [6, 6.07) is 7.68. The van der Waals surface area contributed by atoms with Gasteiger partial charge in [0.05, 0.1) is 7.11 Å². The molecular formula is C19H21N3O2. The molecule has 2 aromatic rings. The number of benzene rings is 1. The van der Waals surface area contributed by atoms with Crippen LogP contribution < -0.4 is 15.8 Å². The fourth-order valence-electron chi connectivity index (χ4n) is 2.24. The van der Waals surface area contributed by atoms with Crippen molar-refractivity contribution in [3.63, 3.8) is 0 Å². The number of hydrogen-bond acceptors (Lipinski definition) is 5. The van der Waals surface area contributed by atoms with E-state index in [1.807, 2.05) is 24.3 Å². The summed E-state index contributed by atoms with van der Waals surface area (Å²) in [5, 5.41) is 5.12. The number of carbonyl (C=O) groups is 1. The number of fused-ring (bicyclic) bond motifs is 1. The Morgan fingerprint density at radius 3 is 2.88 bits per heavy atom. The summed E-state index contributed by atoms with van der Waals surface area (Å²) in [7, 11) is 1.62. The Kier molecular flexibility index (Phi) is 5.73. The van der Waals surface area contributed by atoms with Gasteiger partial charge in [0, 0.05) is 29.3 Å². The second-order valence-corrected chi connectivity index (χ2v) is 5.13. The number of methoxy groups -OCH3 is 1. The van der Waals surface area contributed by atoms with E-state index >= 15 is 0 Å². The summed E-state index contributed by atoms with van der Waals surface area (Å²) in [6.45, 7) is 5.60. The minimum absolute atomic E-state index is 0.0210. The third-order valence-electron chi connectivity index (χ3n) is 3.52. The van der Waals surface area contributed by atoms with Crippen LogP contribution in [-0.2, 0) is 4.79 Å². The Morgan fingerprint density at radius 2 is 2.21 bits per heavy atom. The van der Waals surface area contributed by atoms with Crippen molar-refractivity contribution in [2.45, 2.75) is 13.3 Å². The Bertz CT molecular complexity index is 822. The molecule has 0 unspecified atom stereocenters. The number of nitrogens with two attached hydrogens (primary N) is 1. The van der Waals surface area contributed by atoms with E-state index in [1.165, 1.54) is 6.20 Å². The molecule has 0 spiro atoms. The molecule has 0 atom stereocenters. The highest BCUT2D eigenvalue weighted by atomic mass is 16.5. The predicted octanol–water partition coefficient (Wildman–Crippen LogP) is 3.55. The number of hydrogen-bond donors (Lipinski definition) is 2. The Labute approximate surface area is 141 Å². The van der Waals surface area contributed by atoms with Crippen molar-refractivity contribution in [1.82, 2.24) is 4.98 Å². The lowest BCUT2D eigenvalue weighted by molar-refractivity contribution is -0.114. The summed E-state index contributed by atoms with van der Waals surface area (Å²) in [4.78, 5) is 16.1. The number of anilines is 1. The van der Waals surface area contributed by atoms with Gasteiger partial charge < -0.3 is 15.8 Å². The molecule has 0 saturated carbocycles. The first-order valence-electron chi connectivity index (χ1n) is 7.61. The van der Waals surface area contributed by atoms with E-state index in [9.17, 15) is 4.79 Å². The molecule has 1 aromatic heterocycles. The summed E-state index contributed by atoms with van der Waals surface area (Å²) < 4.78 is 5.28. The zero-order valence-corrected chi connectivity index (χ0v) is 13.9. The second kappa shape index (κ2) is 7.97. The van der Waals surface area contributed by atoms with Crippen LogP contribution in [0.2, 0.25) is 0 Å². The molecule has 1 heterocycles. The molecule has 1 aromatic carbocycles. The number of allylic oxidation sites excluding steroid dienone is 3. The quantitative estimate of drug-likeness (QED) is 0.602. The SMILES string of the molecule is C=C(/C=C(\C=C/N)Nc1nccc2ccc(OC)cc12)C(=O)CC. The number of aromatic nitrogens is 1. The maximum absolute atomic E-state index is 11.7. The lowest BCUT2D eigenvalue weighted by Crippen LogP contribution is -2.04. The van der Waals surface area contributed by atoms with E-state index in [0.29, 0.717) is 23.5 Å². The van der Waals surface area contributed by atoms with Crippen LogP contribution in [0.25, 0.3) is 10.8 Å². The van der Waals surface area contributed by atoms with Crippen molar-refractivity contribution in [2.75, 3.05) is 12.4 Å². The second-order valence-electron chi connectivity index (χ2n) is 5.13. The summed E-state index contributed by atoms with van der Waals surface area (Å²) >= 11 is 0. The van der Waals surface area contributed by atoms with E-state index in [0.717, 1.165) is 16.5 Å². The van der Waals surface area contributed by atoms with E-state index in [1.54, 1.807) is 32.4 Å². The Balaban J connectivity index is 2.43. The minimum Gasteiger partial charge on any atom is -0.497 e. The van der Waals surface area contributed by atoms with Gasteiger partial charge in [-0.3, -0.25) is 4.79 Å². The topological polar surface area (TPSA) is 77.2 Å². The first-order valence-corrected chi connectivity index (χ1v) is 7.61. The smallest absolute Gasteiger partial charge is 0.162 e. The molecule has 0 aliphatic rings. The number of ketones is 1. The molecule has 0 fully saturated rings. The number of pyridine rings is 1. The maximum atomic E-state index is 11.7. The zero-order valence-electron chi connectivity index (χ0n) is 13.9. The molecule has 24 heavy (non-hydrogen) atoms. The molecule has 5 heteroatoms. The minimum atomic E-state index is -0.0210. The first kappa shape index (κ1) is 17.3. The van der Waals surface area contributed by atoms with Gasteiger partial charge in [0.25, 0.3) is 0 Å². The molecular weight excluding hydrogens is 302 g/mol. The maximum Gasteiger partial charge on any atom is 0.162 e. The fourth-order valence-corrected chi connectivity index (χ4v) is 2.24. The van der Waals surface area contributed by atoms with E-state index in [4.69, 9.17) is 10.5 Å². The van der Waals surface area contributed by atoms with Gasteiger partial charge in [-0.05, 0) is 41.9 Å². The molecule has 0 saturated heterocycles. The fraction of sp³-hybridized carbons (Fsp3) is 0.158. The Morgan fingerprint density at radius 1 is 1.42 bits per heavy atom. The lowest BCUT2D eigenvalue weighted by atomic mass is 10.1. The van der Waals surface area contributed by atoms with Crippen LogP contribution in [0.5, 0.6) is 5.75 Å². The third kappa shape index (κ3) is 4.01. The monoisotopic (exact) mass is 323 g/mol. The average molecular weight is 323 g/mol. The highest BCUT2D eigenvalue weighted by Crippen LogP contribution is 2.26. The van der Waals surface area contributed by atoms with Crippen LogP contribution in [0.3, 0.4) is 0 Å². The van der Waals surface area contributed by atoms with Crippen LogP contribution >= 0.6 is 0 Å². The molecule has 0 amide bonds. The van der Waals surface area contributed by atoms with Crippen molar-refractivity contribution < 1.29 is 9.53 Å². The third-order valence-corrected chi connectivity index (χ3v) is 3.52. The summed E-state index contributed by atoms with van der Waals surface area (Å²) in [5.41, 5.74) is 6.55. The van der Waals surface area contributed by atoms with Crippen molar-refractivity contribution >= 4 is 22.4 Å². The zero-order chi connectivity index (χ0) is 17.5. The predicted molar refractivity (Wildman–Crippen MR) is 97.8 cm³/mol. The van der Waals surface area contributed by atoms with Crippen LogP contribution in [0.15, 0.2) is 66.7 Å². The lowest BCUT2D eigenvalue weighted by Gasteiger charge is -2.11. The number of rotatable bonds is 7. The van der Waals surface area contributed by atoms with Crippen LogP contribution in [-0.4, -0.2) is 17.9 Å². The summed E-state index contributed by atoms with van der Waals surface area (Å²) in [5.74, 6) is 1.36. The molecule has 124 valence electrons. The van der Waals surface area contributed by atoms with Crippen molar-refractivity contribution in [2.24, 2.45) is 5.73 Å². The van der Waals surface area contributed by atoms with Crippen molar-refractivity contribution in [3.8, 4) is 5.75 Å². The van der Waals surface area contributed by atoms with Gasteiger partial charge in [-0.2, -0.15) is 0 Å². The first-order chi connectivity index (χ1) is 11.6. The van der Waals surface area contributed by atoms with Gasteiger partial charge in [-0.15, -0.1) is 0 Å². The number of Topliss-reactive ketones (excluding diaryl/α,β-unsaturated/α-hetero) is 1. The normalized spacial score (nSPS) is 11.7. The van der Waals surface area contributed by atoms with Gasteiger partial charge in [0.15, 0.2) is 5.78 Å². The van der Waals surface area contributed by atoms with Gasteiger partial charge in [0.2, 0.25) is 0 Å². The average Bonchev–Trinajstić information content (AvgIpc) is 2.61. The Hall–Kier alpha value is -3.08. The van der Waals surface area contributed by atoms with E-state index in [-0.39, 0.29) is 5.78 Å². The molecule has 0 radical (unpaired) electrons. The number of nitrogens with one attached hydrogen (secondary N) is 1. The number of nitrogens with zero attached hydrogens (tertiary/aromatic N) is 1. The number of carbonyl (C=O) groups excluding carboxylic acids is 1. The molecule has 2 rings (SSSR count). The molecule has 0 aliphatic heterocycles. The number of ether oxygens (including phenoxy) is 1. The molecule has 0 bridgehead atoms. The van der Waals surface area contributed by atoms with Crippen molar-refractivity contribution in [1.29, 1.82) is 0 Å². The van der Waals surface area contributed by atoms with Crippen molar-refractivity contribution in [3.05, 3.63) is 66.7 Å². The van der Waals surface area contributed by atoms with E-state index in [2.05, 4.69) is 16.9 Å². The largest absolute Gasteiger partial charge is 0.497 e. The summed E-state index contributed by atoms with van der Waals surface area (Å²) in [6.07, 6.45) is 6.84. The van der Waals surface area contributed by atoms with Crippen LogP contribution in [0, 0.1) is 0 Å². The highest BCUT2D eigenvalue weighted by Gasteiger charge is 2.07. The van der Waals surface area contributed by atoms with Gasteiger partial charge >= 0.3 is 0 Å². The van der Waals surface area contributed by atoms with Crippen LogP contribution in [0.4, 0.5) is 5.82 Å². The van der Waals surface area contributed by atoms with E-state index < -0.39 is 0 Å². The standard InChI is InChI=1S/C19H21N3O2/c1-4-18(23)13(2)11-15(7-9-20)22-19-17-12-16(24-3)6-5-14(17)8-10-21-19/h5-12H,2,4,20H2,1,3H3,(H,21,22)/b9-7-,15-11+. The highest BCUT2D eigenvalue weighted by molar-refractivity contribution is 5.98. The van der Waals surface area contributed by atoms with Gasteiger partial charge in [-0.1, -0.05) is 19.6 Å². The molecule has 5 nitrogen and oxygen atoms in total. The molecule has 3 N–H and O–H groups in total. The van der Waals surface area contributed by atoms with Gasteiger partial charge in [-0.25, -0.2) is 4.98 Å². The van der Waals surface area contributed by atoms with Crippen LogP contribution in [0.1, 0.15) is 13.3 Å². The van der Waals surface area contributed by atoms with Gasteiger partial charge in [0.1, 0.15) is 11.6 Å². The molecule has 0 aliphatic carbocycles.